The second-order valence-corrected chi connectivity index (χ2v) is 7.35. The van der Waals surface area contributed by atoms with Gasteiger partial charge >= 0.3 is 0 Å². The third-order valence-electron chi connectivity index (χ3n) is 5.73. The average Bonchev–Trinajstić information content (AvgIpc) is 2.73. The van der Waals surface area contributed by atoms with E-state index in [0.29, 0.717) is 24.1 Å². The van der Waals surface area contributed by atoms with Gasteiger partial charge in [0.1, 0.15) is 6.07 Å². The Hall–Kier alpha value is -3.19. The van der Waals surface area contributed by atoms with E-state index in [1.807, 2.05) is 18.2 Å². The molecule has 1 atom stereocenters. The first-order chi connectivity index (χ1) is 13.6. The first-order valence-corrected chi connectivity index (χ1v) is 9.81. The van der Waals surface area contributed by atoms with E-state index in [4.69, 9.17) is 0 Å². The zero-order valence-electron chi connectivity index (χ0n) is 15.9. The lowest BCUT2D eigenvalue weighted by Crippen LogP contribution is -2.40. The molecule has 4 heteroatoms. The van der Waals surface area contributed by atoms with E-state index in [9.17, 15) is 14.9 Å². The molecule has 0 radical (unpaired) electrons. The van der Waals surface area contributed by atoms with Gasteiger partial charge in [0.15, 0.2) is 5.78 Å². The summed E-state index contributed by atoms with van der Waals surface area (Å²) < 4.78 is 0. The molecule has 0 spiro atoms. The van der Waals surface area contributed by atoms with Crippen molar-refractivity contribution in [2.24, 2.45) is 0 Å². The standard InChI is InChI=1S/C24H22N2O2/c1-2-16-10-12-17(13-11-16)19-14-23(28)26(20-7-4-3-6-18(20)15-25)21-8-5-9-22(27)24(19)21/h3-4,6-7,10-13,19H,2,5,8-9,14H2,1H3. The molecule has 0 N–H and O–H groups in total. The minimum Gasteiger partial charge on any atom is -0.294 e. The molecular weight excluding hydrogens is 348 g/mol. The van der Waals surface area contributed by atoms with Crippen molar-refractivity contribution in [2.45, 2.75) is 44.9 Å². The number of anilines is 1. The zero-order valence-corrected chi connectivity index (χ0v) is 15.9. The van der Waals surface area contributed by atoms with Crippen LogP contribution in [-0.2, 0) is 16.0 Å². The minimum absolute atomic E-state index is 0.0549. The summed E-state index contributed by atoms with van der Waals surface area (Å²) in [4.78, 5) is 27.7. The van der Waals surface area contributed by atoms with Crippen LogP contribution in [0.15, 0.2) is 59.8 Å². The summed E-state index contributed by atoms with van der Waals surface area (Å²) in [6, 6.07) is 17.5. The molecule has 0 fully saturated rings. The Labute approximate surface area is 165 Å². The van der Waals surface area contributed by atoms with E-state index in [1.165, 1.54) is 5.56 Å². The lowest BCUT2D eigenvalue weighted by atomic mass is 9.77. The SMILES string of the molecule is CCc1ccc(C2CC(=O)N(c3ccccc3C#N)C3=C2C(=O)CCC3)cc1. The fourth-order valence-corrected chi connectivity index (χ4v) is 4.31. The number of allylic oxidation sites excluding steroid dienone is 2. The number of hydrogen-bond acceptors (Lipinski definition) is 3. The van der Waals surface area contributed by atoms with Crippen molar-refractivity contribution in [1.29, 1.82) is 5.26 Å². The molecule has 28 heavy (non-hydrogen) atoms. The molecule has 1 aliphatic carbocycles. The number of aryl methyl sites for hydroxylation is 1. The zero-order chi connectivity index (χ0) is 19.7. The third-order valence-corrected chi connectivity index (χ3v) is 5.73. The maximum atomic E-state index is 13.2. The van der Waals surface area contributed by atoms with Crippen LogP contribution < -0.4 is 4.90 Å². The van der Waals surface area contributed by atoms with Crippen LogP contribution in [0, 0.1) is 11.3 Å². The molecule has 0 saturated heterocycles. The largest absolute Gasteiger partial charge is 0.294 e. The molecule has 2 aromatic carbocycles. The molecule has 1 amide bonds. The molecule has 0 saturated carbocycles. The Bertz CT molecular complexity index is 1010. The number of amides is 1. The highest BCUT2D eigenvalue weighted by Gasteiger charge is 2.40. The van der Waals surface area contributed by atoms with Crippen LogP contribution in [0.3, 0.4) is 0 Å². The maximum absolute atomic E-state index is 13.2. The second kappa shape index (κ2) is 7.44. The van der Waals surface area contributed by atoms with Gasteiger partial charge in [-0.2, -0.15) is 5.26 Å². The van der Waals surface area contributed by atoms with Gasteiger partial charge in [-0.05, 0) is 42.5 Å². The fourth-order valence-electron chi connectivity index (χ4n) is 4.31. The van der Waals surface area contributed by atoms with Crippen molar-refractivity contribution in [1.82, 2.24) is 0 Å². The topological polar surface area (TPSA) is 61.2 Å². The van der Waals surface area contributed by atoms with E-state index in [-0.39, 0.29) is 24.0 Å². The second-order valence-electron chi connectivity index (χ2n) is 7.35. The van der Waals surface area contributed by atoms with Crippen LogP contribution in [-0.4, -0.2) is 11.7 Å². The number of Topliss-reactive ketones (excluding diaryl/α,β-unsaturated/α-hetero) is 1. The number of hydrogen-bond donors (Lipinski definition) is 0. The molecule has 0 aromatic heterocycles. The molecule has 1 unspecified atom stereocenters. The third kappa shape index (κ3) is 3.03. The van der Waals surface area contributed by atoms with Crippen molar-refractivity contribution in [3.05, 3.63) is 76.5 Å². The molecule has 140 valence electrons. The van der Waals surface area contributed by atoms with Gasteiger partial charge < -0.3 is 0 Å². The predicted molar refractivity (Wildman–Crippen MR) is 108 cm³/mol. The average molecular weight is 370 g/mol. The highest BCUT2D eigenvalue weighted by molar-refractivity contribution is 6.08. The Morgan fingerprint density at radius 1 is 1.07 bits per heavy atom. The molecule has 2 aliphatic rings. The van der Waals surface area contributed by atoms with Gasteiger partial charge in [0.25, 0.3) is 0 Å². The summed E-state index contributed by atoms with van der Waals surface area (Å²) >= 11 is 0. The Morgan fingerprint density at radius 3 is 2.54 bits per heavy atom. The lowest BCUT2D eigenvalue weighted by molar-refractivity contribution is -0.119. The van der Waals surface area contributed by atoms with Gasteiger partial charge in [-0.15, -0.1) is 0 Å². The van der Waals surface area contributed by atoms with Crippen LogP contribution in [0.1, 0.15) is 55.2 Å². The Kier molecular flexibility index (Phi) is 4.83. The highest BCUT2D eigenvalue weighted by Crippen LogP contribution is 2.43. The first-order valence-electron chi connectivity index (χ1n) is 9.81. The number of ketones is 1. The van der Waals surface area contributed by atoms with Crippen LogP contribution in [0.25, 0.3) is 0 Å². The molecular formula is C24H22N2O2. The van der Waals surface area contributed by atoms with Gasteiger partial charge in [0.2, 0.25) is 5.91 Å². The van der Waals surface area contributed by atoms with Gasteiger partial charge in [-0.25, -0.2) is 0 Å². The Balaban J connectivity index is 1.86. The molecule has 1 aliphatic heterocycles. The van der Waals surface area contributed by atoms with Crippen molar-refractivity contribution in [3.63, 3.8) is 0 Å². The van der Waals surface area contributed by atoms with Crippen molar-refractivity contribution < 1.29 is 9.59 Å². The van der Waals surface area contributed by atoms with Crippen molar-refractivity contribution >= 4 is 17.4 Å². The molecule has 1 heterocycles. The van der Waals surface area contributed by atoms with Crippen molar-refractivity contribution in [2.75, 3.05) is 4.90 Å². The quantitative estimate of drug-likeness (QED) is 0.790. The predicted octanol–water partition coefficient (Wildman–Crippen LogP) is 4.65. The summed E-state index contributed by atoms with van der Waals surface area (Å²) in [5.41, 5.74) is 4.81. The first kappa shape index (κ1) is 18.2. The minimum atomic E-state index is -0.202. The Morgan fingerprint density at radius 2 is 1.82 bits per heavy atom. The molecule has 4 nitrogen and oxygen atoms in total. The van der Waals surface area contributed by atoms with E-state index in [0.717, 1.165) is 29.7 Å². The number of carbonyl (C=O) groups is 2. The number of carbonyl (C=O) groups excluding carboxylic acids is 2. The number of para-hydroxylation sites is 1. The van der Waals surface area contributed by atoms with Crippen LogP contribution in [0.4, 0.5) is 5.69 Å². The maximum Gasteiger partial charge on any atom is 0.232 e. The summed E-state index contributed by atoms with van der Waals surface area (Å²) in [5, 5.41) is 9.49. The monoisotopic (exact) mass is 370 g/mol. The van der Waals surface area contributed by atoms with Gasteiger partial charge in [0, 0.05) is 30.0 Å². The summed E-state index contributed by atoms with van der Waals surface area (Å²) in [7, 11) is 0. The van der Waals surface area contributed by atoms with Gasteiger partial charge in [0.05, 0.1) is 11.3 Å². The fraction of sp³-hybridized carbons (Fsp3) is 0.292. The number of rotatable bonds is 3. The smallest absolute Gasteiger partial charge is 0.232 e. The normalized spacial score (nSPS) is 19.4. The van der Waals surface area contributed by atoms with Crippen molar-refractivity contribution in [3.8, 4) is 6.07 Å². The lowest BCUT2D eigenvalue weighted by Gasteiger charge is -2.38. The van der Waals surface area contributed by atoms with Crippen LogP contribution >= 0.6 is 0 Å². The highest BCUT2D eigenvalue weighted by atomic mass is 16.2. The summed E-state index contributed by atoms with van der Waals surface area (Å²) in [6.45, 7) is 2.11. The number of nitriles is 1. The molecule has 2 aromatic rings. The van der Waals surface area contributed by atoms with E-state index in [2.05, 4.69) is 25.1 Å². The van der Waals surface area contributed by atoms with Gasteiger partial charge in [-0.3, -0.25) is 14.5 Å². The van der Waals surface area contributed by atoms with Crippen LogP contribution in [0.5, 0.6) is 0 Å². The van der Waals surface area contributed by atoms with E-state index >= 15 is 0 Å². The van der Waals surface area contributed by atoms with E-state index in [1.54, 1.807) is 23.1 Å². The van der Waals surface area contributed by atoms with Crippen LogP contribution in [0.2, 0.25) is 0 Å². The molecule has 4 rings (SSSR count). The number of benzene rings is 2. The summed E-state index contributed by atoms with van der Waals surface area (Å²) in [5.74, 6) is -0.134. The van der Waals surface area contributed by atoms with E-state index < -0.39 is 0 Å². The molecule has 0 bridgehead atoms. The van der Waals surface area contributed by atoms with Gasteiger partial charge in [-0.1, -0.05) is 43.3 Å². The summed E-state index contributed by atoms with van der Waals surface area (Å²) in [6.07, 6.45) is 3.13. The number of nitrogens with zero attached hydrogens (tertiary/aromatic N) is 2.